The van der Waals surface area contributed by atoms with Gasteiger partial charge in [-0.25, -0.2) is 0 Å². The molecule has 0 amide bonds. The molecular formula is C26H34O6Se. The third kappa shape index (κ3) is 11.8. The van der Waals surface area contributed by atoms with Crippen LogP contribution in [-0.4, -0.2) is 53.3 Å². The summed E-state index contributed by atoms with van der Waals surface area (Å²) in [6, 6.07) is 16.4. The summed E-state index contributed by atoms with van der Waals surface area (Å²) in [4.78, 5) is 22.6. The standard InChI is InChI=1S/C26H34O6Se/c1-3-29-25(27)7-5-17-31-23-13-9-21(10-14-23)19-33-20-22-11-15-24(16-12-22)32-18-6-8-26(28)30-4-2/h9-16H,3-8,17-20H2,1-2H3. The number of benzene rings is 2. The van der Waals surface area contributed by atoms with Crippen LogP contribution in [0.2, 0.25) is 0 Å². The van der Waals surface area contributed by atoms with E-state index in [4.69, 9.17) is 18.9 Å². The summed E-state index contributed by atoms with van der Waals surface area (Å²) in [7, 11) is 0. The van der Waals surface area contributed by atoms with Gasteiger partial charge in [0.15, 0.2) is 0 Å². The Labute approximate surface area is 203 Å². The van der Waals surface area contributed by atoms with Gasteiger partial charge in [-0.2, -0.15) is 0 Å². The second kappa shape index (κ2) is 16.2. The maximum absolute atomic E-state index is 11.3. The Morgan fingerprint density at radius 3 is 1.42 bits per heavy atom. The van der Waals surface area contributed by atoms with Crippen LogP contribution in [0.5, 0.6) is 11.5 Å². The van der Waals surface area contributed by atoms with Gasteiger partial charge in [0.2, 0.25) is 0 Å². The molecule has 0 unspecified atom stereocenters. The molecule has 2 aromatic rings. The van der Waals surface area contributed by atoms with Crippen molar-refractivity contribution in [2.24, 2.45) is 0 Å². The van der Waals surface area contributed by atoms with Gasteiger partial charge < -0.3 is 0 Å². The van der Waals surface area contributed by atoms with Crippen LogP contribution in [0.3, 0.4) is 0 Å². The number of rotatable bonds is 16. The predicted octanol–water partition coefficient (Wildman–Crippen LogP) is 4.54. The quantitative estimate of drug-likeness (QED) is 0.184. The Hall–Kier alpha value is -2.50. The van der Waals surface area contributed by atoms with Crippen LogP contribution in [0.4, 0.5) is 0 Å². The van der Waals surface area contributed by atoms with E-state index in [1.54, 1.807) is 0 Å². The van der Waals surface area contributed by atoms with E-state index >= 15 is 0 Å². The summed E-state index contributed by atoms with van der Waals surface area (Å²) >= 11 is 0.462. The third-order valence-electron chi connectivity index (χ3n) is 4.58. The second-order valence-electron chi connectivity index (χ2n) is 7.29. The van der Waals surface area contributed by atoms with Crippen molar-refractivity contribution in [1.29, 1.82) is 0 Å². The summed E-state index contributed by atoms with van der Waals surface area (Å²) in [5, 5.41) is 2.12. The Morgan fingerprint density at radius 2 is 1.06 bits per heavy atom. The molecule has 0 bridgehead atoms. The van der Waals surface area contributed by atoms with Crippen molar-refractivity contribution in [3.05, 3.63) is 59.7 Å². The third-order valence-corrected chi connectivity index (χ3v) is 6.84. The molecule has 0 N–H and O–H groups in total. The van der Waals surface area contributed by atoms with Gasteiger partial charge in [-0.05, 0) is 13.8 Å². The molecule has 2 aromatic carbocycles. The van der Waals surface area contributed by atoms with Crippen molar-refractivity contribution in [2.45, 2.75) is 50.2 Å². The molecule has 180 valence electrons. The van der Waals surface area contributed by atoms with Crippen LogP contribution in [0.15, 0.2) is 48.5 Å². The molecule has 0 fully saturated rings. The van der Waals surface area contributed by atoms with Gasteiger partial charge in [0.25, 0.3) is 0 Å². The Kier molecular flexibility index (Phi) is 13.1. The summed E-state index contributed by atoms with van der Waals surface area (Å²) in [6.07, 6.45) is 2.08. The topological polar surface area (TPSA) is 71.1 Å². The number of hydrogen-bond donors (Lipinski definition) is 0. The average molecular weight is 522 g/mol. The van der Waals surface area contributed by atoms with Crippen molar-refractivity contribution < 1.29 is 28.5 Å². The van der Waals surface area contributed by atoms with Crippen molar-refractivity contribution >= 4 is 26.9 Å². The Morgan fingerprint density at radius 1 is 0.667 bits per heavy atom. The number of carbonyl (C=O) groups is 2. The van der Waals surface area contributed by atoms with Gasteiger partial charge in [0, 0.05) is 0 Å². The minimum atomic E-state index is -0.174. The zero-order valence-corrected chi connectivity index (χ0v) is 21.3. The molecule has 0 atom stereocenters. The van der Waals surface area contributed by atoms with E-state index in [2.05, 4.69) is 24.3 Å². The fourth-order valence-corrected chi connectivity index (χ4v) is 4.94. The van der Waals surface area contributed by atoms with E-state index < -0.39 is 0 Å². The predicted molar refractivity (Wildman–Crippen MR) is 129 cm³/mol. The van der Waals surface area contributed by atoms with Crippen LogP contribution in [0, 0.1) is 0 Å². The molecule has 0 heterocycles. The average Bonchev–Trinajstić information content (AvgIpc) is 2.82. The van der Waals surface area contributed by atoms with Crippen molar-refractivity contribution in [3.8, 4) is 11.5 Å². The molecular weight excluding hydrogens is 487 g/mol. The minimum absolute atomic E-state index is 0.174. The van der Waals surface area contributed by atoms with E-state index in [0.717, 1.165) is 22.1 Å². The van der Waals surface area contributed by atoms with Gasteiger partial charge in [-0.15, -0.1) is 0 Å². The van der Waals surface area contributed by atoms with Crippen LogP contribution >= 0.6 is 0 Å². The maximum atomic E-state index is 11.3. The van der Waals surface area contributed by atoms with E-state index in [1.807, 2.05) is 38.1 Å². The molecule has 0 saturated carbocycles. The molecule has 0 aromatic heterocycles. The first-order chi connectivity index (χ1) is 16.1. The van der Waals surface area contributed by atoms with Crippen molar-refractivity contribution in [2.75, 3.05) is 26.4 Å². The van der Waals surface area contributed by atoms with Crippen molar-refractivity contribution in [1.82, 2.24) is 0 Å². The SMILES string of the molecule is CCOC(=O)CCCOc1ccc(C[Se]Cc2ccc(OCCCC(=O)OCC)cc2)cc1. The summed E-state index contributed by atoms with van der Waals surface area (Å²) in [5.74, 6) is 1.31. The fourth-order valence-electron chi connectivity index (χ4n) is 2.93. The molecule has 2 rings (SSSR count). The Balaban J connectivity index is 1.60. The summed E-state index contributed by atoms with van der Waals surface area (Å²) in [6.45, 7) is 5.47. The first-order valence-corrected chi connectivity index (χ1v) is 13.9. The molecule has 7 heteroatoms. The molecule has 33 heavy (non-hydrogen) atoms. The van der Waals surface area contributed by atoms with E-state index in [-0.39, 0.29) is 11.9 Å². The van der Waals surface area contributed by atoms with Crippen LogP contribution in [0.25, 0.3) is 0 Å². The summed E-state index contributed by atoms with van der Waals surface area (Å²) in [5.41, 5.74) is 2.60. The fraction of sp³-hybridized carbons (Fsp3) is 0.462. The van der Waals surface area contributed by atoms with Gasteiger partial charge in [0.1, 0.15) is 0 Å². The normalized spacial score (nSPS) is 10.5. The first-order valence-electron chi connectivity index (χ1n) is 11.4. The van der Waals surface area contributed by atoms with Gasteiger partial charge in [-0.3, -0.25) is 0 Å². The van der Waals surface area contributed by atoms with Crippen LogP contribution < -0.4 is 9.47 Å². The molecule has 0 aliphatic carbocycles. The number of esters is 2. The molecule has 0 spiro atoms. The Bertz CT molecular complexity index is 750. The molecule has 0 saturated heterocycles. The molecule has 0 aliphatic heterocycles. The zero-order chi connectivity index (χ0) is 23.7. The molecule has 6 nitrogen and oxygen atoms in total. The monoisotopic (exact) mass is 522 g/mol. The number of ether oxygens (including phenoxy) is 4. The molecule has 0 radical (unpaired) electrons. The molecule has 0 aliphatic rings. The van der Waals surface area contributed by atoms with E-state index in [9.17, 15) is 9.59 Å². The second-order valence-corrected chi connectivity index (χ2v) is 9.36. The zero-order valence-electron chi connectivity index (χ0n) is 19.5. The van der Waals surface area contributed by atoms with Crippen molar-refractivity contribution in [3.63, 3.8) is 0 Å². The number of carbonyl (C=O) groups excluding carboxylic acids is 2. The van der Waals surface area contributed by atoms with Gasteiger partial charge in [0.05, 0.1) is 0 Å². The van der Waals surface area contributed by atoms with Gasteiger partial charge >= 0.3 is 189 Å². The van der Waals surface area contributed by atoms with Crippen LogP contribution in [-0.2, 0) is 29.7 Å². The summed E-state index contributed by atoms with van der Waals surface area (Å²) < 4.78 is 21.2. The first kappa shape index (κ1) is 26.7. The van der Waals surface area contributed by atoms with Gasteiger partial charge in [-0.1, -0.05) is 0 Å². The van der Waals surface area contributed by atoms with E-state index in [1.165, 1.54) is 11.1 Å². The van der Waals surface area contributed by atoms with E-state index in [0.29, 0.717) is 67.1 Å². The number of hydrogen-bond acceptors (Lipinski definition) is 6. The van der Waals surface area contributed by atoms with Crippen LogP contribution in [0.1, 0.15) is 50.7 Å².